The molecular formula is C16H18N4O4. The summed E-state index contributed by atoms with van der Waals surface area (Å²) in [6, 6.07) is 0. The largest absolute Gasteiger partial charge is 0.805 e. The van der Waals surface area contributed by atoms with E-state index in [4.69, 9.17) is 0 Å². The maximum Gasteiger partial charge on any atom is 0.296 e. The van der Waals surface area contributed by atoms with Crippen molar-refractivity contribution in [2.45, 2.75) is 41.5 Å². The van der Waals surface area contributed by atoms with Crippen molar-refractivity contribution in [1.82, 2.24) is 9.46 Å². The lowest BCUT2D eigenvalue weighted by Crippen LogP contribution is -2.30. The standard InChI is InChI=1S/C16H18N4O4/c1-7-13-15(19(23)11(5)9(3)17(13)21)8(2)16-14(7)18(22)10(4)12(6)20(16)24/h1-6H3. The number of fused-ring (bicyclic) bond motifs is 2. The molecule has 8 nitrogen and oxygen atoms in total. The molecule has 3 rings (SSSR count). The zero-order valence-electron chi connectivity index (χ0n) is 14.4. The molecule has 2 heterocycles. The zero-order chi connectivity index (χ0) is 18.1. The molecule has 8 heteroatoms. The summed E-state index contributed by atoms with van der Waals surface area (Å²) in [4.78, 5) is 25.3. The molecule has 3 aromatic rings. The molecule has 0 aliphatic carbocycles. The van der Waals surface area contributed by atoms with Crippen LogP contribution in [0.5, 0.6) is 0 Å². The number of nitrogens with zero attached hydrogens (tertiary/aromatic N) is 4. The Kier molecular flexibility index (Phi) is 3.19. The lowest BCUT2D eigenvalue weighted by molar-refractivity contribution is -0.479. The summed E-state index contributed by atoms with van der Waals surface area (Å²) >= 11 is 0. The van der Waals surface area contributed by atoms with Crippen LogP contribution >= 0.6 is 0 Å². The number of aryl methyl sites for hydroxylation is 2. The molecule has 0 N–H and O–H groups in total. The fourth-order valence-corrected chi connectivity index (χ4v) is 3.19. The first-order valence-electron chi connectivity index (χ1n) is 7.52. The van der Waals surface area contributed by atoms with Gasteiger partial charge in [0.2, 0.25) is 0 Å². The molecule has 0 amide bonds. The Morgan fingerprint density at radius 1 is 0.667 bits per heavy atom. The van der Waals surface area contributed by atoms with Crippen molar-refractivity contribution in [2.24, 2.45) is 0 Å². The molecular weight excluding hydrogens is 312 g/mol. The van der Waals surface area contributed by atoms with Crippen molar-refractivity contribution in [3.8, 4) is 0 Å². The van der Waals surface area contributed by atoms with Crippen LogP contribution in [-0.2, 0) is 0 Å². The van der Waals surface area contributed by atoms with Gasteiger partial charge in [0.05, 0.1) is 20.2 Å². The van der Waals surface area contributed by atoms with E-state index in [-0.39, 0.29) is 44.8 Å². The van der Waals surface area contributed by atoms with Gasteiger partial charge in [-0.05, 0) is 27.7 Å². The Morgan fingerprint density at radius 3 is 1.33 bits per heavy atom. The summed E-state index contributed by atoms with van der Waals surface area (Å²) in [5.41, 5.74) is 2.14. The van der Waals surface area contributed by atoms with E-state index in [9.17, 15) is 20.2 Å². The van der Waals surface area contributed by atoms with E-state index in [0.29, 0.717) is 29.4 Å². The molecule has 0 unspecified atom stereocenters. The fourth-order valence-electron chi connectivity index (χ4n) is 3.19. The molecule has 0 saturated carbocycles. The Labute approximate surface area is 136 Å². The first kappa shape index (κ1) is 16.0. The van der Waals surface area contributed by atoms with E-state index in [1.54, 1.807) is 41.5 Å². The molecule has 1 aromatic carbocycles. The van der Waals surface area contributed by atoms with Gasteiger partial charge in [0.25, 0.3) is 22.4 Å². The van der Waals surface area contributed by atoms with Crippen molar-refractivity contribution < 1.29 is 8.85 Å². The van der Waals surface area contributed by atoms with Crippen LogP contribution in [-0.4, -0.2) is 9.46 Å². The highest BCUT2D eigenvalue weighted by Gasteiger charge is 2.29. The average Bonchev–Trinajstić information content (AvgIpc) is 2.55. The second kappa shape index (κ2) is 4.80. The topological polar surface area (TPSA) is 102 Å². The van der Waals surface area contributed by atoms with E-state index < -0.39 is 0 Å². The van der Waals surface area contributed by atoms with Gasteiger partial charge in [-0.3, -0.25) is 0 Å². The van der Waals surface area contributed by atoms with Gasteiger partial charge in [0.1, 0.15) is 16.6 Å². The molecule has 0 aliphatic heterocycles. The van der Waals surface area contributed by atoms with Crippen molar-refractivity contribution in [3.63, 3.8) is 0 Å². The van der Waals surface area contributed by atoms with E-state index in [1.165, 1.54) is 0 Å². The third-order valence-electron chi connectivity index (χ3n) is 4.95. The number of benzene rings is 1. The second-order valence-corrected chi connectivity index (χ2v) is 6.16. The summed E-state index contributed by atoms with van der Waals surface area (Å²) in [5, 5.41) is 25.3. The molecule has 0 saturated heterocycles. The van der Waals surface area contributed by atoms with E-state index in [1.807, 2.05) is 0 Å². The summed E-state index contributed by atoms with van der Waals surface area (Å²) < 4.78 is 2.63. The second-order valence-electron chi connectivity index (χ2n) is 6.16. The fraction of sp³-hybridized carbons (Fsp3) is 0.375. The normalized spacial score (nSPS) is 11.6. The Hall–Kier alpha value is -2.90. The van der Waals surface area contributed by atoms with Gasteiger partial charge in [-0.25, -0.2) is 0 Å². The van der Waals surface area contributed by atoms with Crippen LogP contribution < -0.4 is 8.85 Å². The van der Waals surface area contributed by atoms with Crippen molar-refractivity contribution >= 4 is 22.1 Å². The number of hydrogen-bond acceptors (Lipinski definition) is 4. The highest BCUT2D eigenvalue weighted by atomic mass is 16.5. The van der Waals surface area contributed by atoms with Gasteiger partial charge in [0, 0.05) is 29.2 Å². The summed E-state index contributed by atoms with van der Waals surface area (Å²) in [6.45, 7) is 9.36. The molecule has 0 fully saturated rings. The number of rotatable bonds is 0. The minimum atomic E-state index is 0.117. The molecule has 0 atom stereocenters. The molecule has 0 bridgehead atoms. The maximum atomic E-state index is 12.6. The van der Waals surface area contributed by atoms with Crippen molar-refractivity contribution in [1.29, 1.82) is 0 Å². The van der Waals surface area contributed by atoms with E-state index >= 15 is 0 Å². The average molecular weight is 330 g/mol. The predicted molar refractivity (Wildman–Crippen MR) is 90.1 cm³/mol. The van der Waals surface area contributed by atoms with Crippen LogP contribution in [0.1, 0.15) is 33.9 Å². The van der Waals surface area contributed by atoms with Crippen LogP contribution in [0.15, 0.2) is 0 Å². The lowest BCUT2D eigenvalue weighted by Gasteiger charge is -2.22. The van der Waals surface area contributed by atoms with E-state index in [0.717, 1.165) is 0 Å². The summed E-state index contributed by atoms with van der Waals surface area (Å²) in [7, 11) is 0. The van der Waals surface area contributed by atoms with Crippen LogP contribution in [0, 0.1) is 61.8 Å². The van der Waals surface area contributed by atoms with Gasteiger partial charge in [0.15, 0.2) is 0 Å². The predicted octanol–water partition coefficient (Wildman–Crippen LogP) is 1.97. The molecule has 24 heavy (non-hydrogen) atoms. The number of aromatic nitrogens is 4. The monoisotopic (exact) mass is 330 g/mol. The maximum absolute atomic E-state index is 12.6. The smallest absolute Gasteiger partial charge is 0.296 e. The minimum absolute atomic E-state index is 0.117. The Bertz CT molecular complexity index is 1080. The molecule has 2 aromatic heterocycles. The Balaban J connectivity index is 2.88. The highest BCUT2D eigenvalue weighted by molar-refractivity contribution is 5.97. The molecule has 126 valence electrons. The zero-order valence-corrected chi connectivity index (χ0v) is 14.4. The van der Waals surface area contributed by atoms with Crippen LogP contribution in [0.3, 0.4) is 0 Å². The van der Waals surface area contributed by atoms with Crippen LogP contribution in [0.25, 0.3) is 22.1 Å². The highest BCUT2D eigenvalue weighted by Crippen LogP contribution is 2.29. The van der Waals surface area contributed by atoms with Gasteiger partial charge in [-0.2, -0.15) is 0 Å². The van der Waals surface area contributed by atoms with Crippen molar-refractivity contribution in [3.05, 3.63) is 54.1 Å². The lowest BCUT2D eigenvalue weighted by atomic mass is 10.0. The first-order valence-corrected chi connectivity index (χ1v) is 7.52. The molecule has 0 aliphatic rings. The SMILES string of the molecule is Cc1c2c(c(C)c3c1n([O-])c(C)c(C)[n+]3=O)[n+](=O)c(C)c(C)n2[O-]. The first-order chi connectivity index (χ1) is 11.1. The van der Waals surface area contributed by atoms with Gasteiger partial charge < -0.3 is 19.9 Å². The van der Waals surface area contributed by atoms with Crippen LogP contribution in [0.4, 0.5) is 0 Å². The van der Waals surface area contributed by atoms with E-state index in [2.05, 4.69) is 0 Å². The van der Waals surface area contributed by atoms with Gasteiger partial charge in [-0.1, -0.05) is 0 Å². The Morgan fingerprint density at radius 2 is 1.00 bits per heavy atom. The van der Waals surface area contributed by atoms with Gasteiger partial charge >= 0.3 is 0 Å². The van der Waals surface area contributed by atoms with Crippen molar-refractivity contribution in [2.75, 3.05) is 0 Å². The summed E-state index contributed by atoms with van der Waals surface area (Å²) in [5.74, 6) is 0. The molecule has 0 radical (unpaired) electrons. The van der Waals surface area contributed by atoms with Gasteiger partial charge in [-0.15, -0.1) is 0 Å². The quantitative estimate of drug-likeness (QED) is 0.464. The summed E-state index contributed by atoms with van der Waals surface area (Å²) in [6.07, 6.45) is 0. The number of hydrogen-bond donors (Lipinski definition) is 0. The third-order valence-corrected chi connectivity index (χ3v) is 4.95. The van der Waals surface area contributed by atoms with Crippen LogP contribution in [0.2, 0.25) is 0 Å². The molecule has 0 spiro atoms. The minimum Gasteiger partial charge on any atom is -0.805 e. The third kappa shape index (κ3) is 1.68.